The lowest BCUT2D eigenvalue weighted by Crippen LogP contribution is -2.52. The Bertz CT molecular complexity index is 1690. The molecule has 0 saturated carbocycles. The van der Waals surface area contributed by atoms with Gasteiger partial charge in [-0.2, -0.15) is 0 Å². The molecule has 2 saturated heterocycles. The third-order valence-corrected chi connectivity index (χ3v) is 8.53. The van der Waals surface area contributed by atoms with Crippen LogP contribution in [0.1, 0.15) is 69.8 Å². The summed E-state index contributed by atoms with van der Waals surface area (Å²) in [6.45, 7) is 3.05. The first-order valence-corrected chi connectivity index (χ1v) is 13.9. The molecule has 1 spiro atoms. The van der Waals surface area contributed by atoms with Crippen LogP contribution in [0.4, 0.5) is 8.78 Å². The van der Waals surface area contributed by atoms with Crippen molar-refractivity contribution in [3.8, 4) is 5.75 Å². The minimum atomic E-state index is -1.15. The molecule has 3 amide bonds. The minimum Gasteiger partial charge on any atom is -0.503 e. The van der Waals surface area contributed by atoms with Crippen molar-refractivity contribution in [3.05, 3.63) is 92.7 Å². The van der Waals surface area contributed by atoms with Crippen LogP contribution in [0, 0.1) is 18.6 Å². The molecule has 2 aromatic heterocycles. The molecule has 0 aliphatic carbocycles. The molecule has 1 aromatic carbocycles. The zero-order valence-electron chi connectivity index (χ0n) is 23.5. The Morgan fingerprint density at radius 1 is 1.23 bits per heavy atom. The van der Waals surface area contributed by atoms with E-state index in [0.717, 1.165) is 23.9 Å². The highest BCUT2D eigenvalue weighted by Crippen LogP contribution is 2.47. The fourth-order valence-corrected chi connectivity index (χ4v) is 6.21. The molecular formula is C30H29F2N5O6. The van der Waals surface area contributed by atoms with Gasteiger partial charge >= 0.3 is 0 Å². The van der Waals surface area contributed by atoms with Crippen LogP contribution in [0.2, 0.25) is 0 Å². The standard InChI is InChI=1S/C30H29F2N5O6/c1-16-8-21(31)19(22(32)9-16)12-34-28(41)20-14-36-23-15-35(29(42)25(36)27(40)26(20)39)17(2)5-6-30(23)10-24(38)37(43-30)13-18-4-3-7-33-11-18/h3-4,7-9,11,14,17,23,40H,5-6,10,12-13,15H2,1-2H3,(H,34,41)/t17-,23+,30-/m0/s1. The maximum absolute atomic E-state index is 14.4. The maximum atomic E-state index is 14.4. The Morgan fingerprint density at radius 2 is 1.98 bits per heavy atom. The fourth-order valence-electron chi connectivity index (χ4n) is 6.21. The molecule has 2 bridgehead atoms. The Kier molecular flexibility index (Phi) is 6.99. The number of fused-ring (bicyclic) bond motifs is 5. The van der Waals surface area contributed by atoms with Crippen molar-refractivity contribution in [3.63, 3.8) is 0 Å². The first-order valence-electron chi connectivity index (χ1n) is 13.9. The van der Waals surface area contributed by atoms with E-state index in [-0.39, 0.29) is 37.2 Å². The summed E-state index contributed by atoms with van der Waals surface area (Å²) in [6.07, 6.45) is 5.21. The first kappa shape index (κ1) is 28.5. The van der Waals surface area contributed by atoms with Gasteiger partial charge in [0.25, 0.3) is 11.8 Å². The van der Waals surface area contributed by atoms with Crippen LogP contribution in [-0.4, -0.2) is 60.5 Å². The second-order valence-corrected chi connectivity index (χ2v) is 11.4. The molecule has 5 heterocycles. The van der Waals surface area contributed by atoms with Crippen molar-refractivity contribution in [2.24, 2.45) is 0 Å². The van der Waals surface area contributed by atoms with E-state index in [2.05, 4.69) is 10.3 Å². The van der Waals surface area contributed by atoms with Crippen LogP contribution in [0.3, 0.4) is 0 Å². The van der Waals surface area contributed by atoms with Crippen molar-refractivity contribution in [1.29, 1.82) is 0 Å². The van der Waals surface area contributed by atoms with E-state index in [9.17, 15) is 33.1 Å². The number of aryl methyl sites for hydroxylation is 1. The number of nitrogens with zero attached hydrogens (tertiary/aromatic N) is 4. The number of hydroxylamine groups is 2. The first-order chi connectivity index (χ1) is 20.5. The highest BCUT2D eigenvalue weighted by Gasteiger charge is 2.56. The highest BCUT2D eigenvalue weighted by atomic mass is 19.1. The van der Waals surface area contributed by atoms with Crippen LogP contribution < -0.4 is 10.7 Å². The summed E-state index contributed by atoms with van der Waals surface area (Å²) >= 11 is 0. The van der Waals surface area contributed by atoms with Gasteiger partial charge < -0.3 is 19.9 Å². The molecule has 13 heteroatoms. The quantitative estimate of drug-likeness (QED) is 0.465. The molecule has 2 fully saturated rings. The number of pyridine rings is 2. The Hall–Kier alpha value is -4.65. The number of hydrogen-bond donors (Lipinski definition) is 2. The summed E-state index contributed by atoms with van der Waals surface area (Å²) in [5, 5.41) is 14.6. The summed E-state index contributed by atoms with van der Waals surface area (Å²) in [5.41, 5.74) is -2.39. The predicted octanol–water partition coefficient (Wildman–Crippen LogP) is 2.75. The number of hydrogen-bond acceptors (Lipinski definition) is 7. The van der Waals surface area contributed by atoms with Crippen molar-refractivity contribution in [2.45, 2.75) is 63.9 Å². The van der Waals surface area contributed by atoms with Gasteiger partial charge in [0.05, 0.1) is 19.0 Å². The number of halogens is 2. The summed E-state index contributed by atoms with van der Waals surface area (Å²) in [7, 11) is 0. The van der Waals surface area contributed by atoms with E-state index in [1.807, 2.05) is 13.0 Å². The lowest BCUT2D eigenvalue weighted by atomic mass is 9.85. The van der Waals surface area contributed by atoms with Gasteiger partial charge in [-0.05, 0) is 56.0 Å². The van der Waals surface area contributed by atoms with Crippen molar-refractivity contribution in [1.82, 2.24) is 24.8 Å². The summed E-state index contributed by atoms with van der Waals surface area (Å²) < 4.78 is 30.1. The summed E-state index contributed by atoms with van der Waals surface area (Å²) in [4.78, 5) is 65.1. The number of rotatable bonds is 5. The van der Waals surface area contributed by atoms with E-state index in [1.54, 1.807) is 18.5 Å². The average molecular weight is 594 g/mol. The topological polar surface area (TPSA) is 134 Å². The van der Waals surface area contributed by atoms with E-state index < -0.39 is 63.9 Å². The van der Waals surface area contributed by atoms with Crippen LogP contribution in [0.25, 0.3) is 0 Å². The van der Waals surface area contributed by atoms with Gasteiger partial charge in [-0.15, -0.1) is 0 Å². The molecule has 0 unspecified atom stereocenters. The molecule has 0 radical (unpaired) electrons. The van der Waals surface area contributed by atoms with Gasteiger partial charge in [0.15, 0.2) is 11.4 Å². The van der Waals surface area contributed by atoms with E-state index >= 15 is 0 Å². The summed E-state index contributed by atoms with van der Waals surface area (Å²) in [6, 6.07) is 4.75. The van der Waals surface area contributed by atoms with E-state index in [4.69, 9.17) is 4.84 Å². The molecule has 224 valence electrons. The van der Waals surface area contributed by atoms with Crippen molar-refractivity contribution < 1.29 is 33.1 Å². The molecule has 3 aliphatic rings. The van der Waals surface area contributed by atoms with Gasteiger partial charge in [0.2, 0.25) is 11.3 Å². The average Bonchev–Trinajstić information content (AvgIpc) is 3.22. The number of nitrogens with one attached hydrogen (secondary N) is 1. The largest absolute Gasteiger partial charge is 0.503 e. The molecular weight excluding hydrogens is 564 g/mol. The summed E-state index contributed by atoms with van der Waals surface area (Å²) in [5.74, 6) is -4.52. The number of benzene rings is 1. The molecule has 3 atom stereocenters. The van der Waals surface area contributed by atoms with Crippen LogP contribution in [0.5, 0.6) is 5.75 Å². The Morgan fingerprint density at radius 3 is 2.67 bits per heavy atom. The number of aromatic hydroxyl groups is 1. The van der Waals surface area contributed by atoms with Gasteiger partial charge in [0.1, 0.15) is 22.8 Å². The van der Waals surface area contributed by atoms with Crippen molar-refractivity contribution >= 4 is 17.7 Å². The van der Waals surface area contributed by atoms with Gasteiger partial charge in [-0.1, -0.05) is 6.07 Å². The highest BCUT2D eigenvalue weighted by molar-refractivity contribution is 5.99. The molecule has 6 rings (SSSR count). The zero-order valence-corrected chi connectivity index (χ0v) is 23.5. The molecule has 3 aliphatic heterocycles. The maximum Gasteiger partial charge on any atom is 0.274 e. The normalized spacial score (nSPS) is 23.0. The third kappa shape index (κ3) is 4.83. The van der Waals surface area contributed by atoms with Crippen LogP contribution in [-0.2, 0) is 22.7 Å². The number of aromatic nitrogens is 2. The lowest BCUT2D eigenvalue weighted by Gasteiger charge is -2.42. The van der Waals surface area contributed by atoms with Gasteiger partial charge in [-0.3, -0.25) is 29.0 Å². The van der Waals surface area contributed by atoms with Crippen LogP contribution >= 0.6 is 0 Å². The van der Waals surface area contributed by atoms with Crippen LogP contribution in [0.15, 0.2) is 47.7 Å². The zero-order chi connectivity index (χ0) is 30.6. The number of amides is 3. The fraction of sp³-hybridized carbons (Fsp3) is 0.367. The number of carbonyl (C=O) groups is 3. The van der Waals surface area contributed by atoms with E-state index in [1.165, 1.54) is 21.5 Å². The molecule has 2 N–H and O–H groups in total. The third-order valence-electron chi connectivity index (χ3n) is 8.53. The predicted molar refractivity (Wildman–Crippen MR) is 147 cm³/mol. The van der Waals surface area contributed by atoms with Crippen molar-refractivity contribution in [2.75, 3.05) is 6.54 Å². The molecule has 11 nitrogen and oxygen atoms in total. The lowest BCUT2D eigenvalue weighted by molar-refractivity contribution is -0.218. The second kappa shape index (κ2) is 10.6. The molecule has 3 aromatic rings. The van der Waals surface area contributed by atoms with E-state index in [0.29, 0.717) is 18.4 Å². The Labute approximate surface area is 244 Å². The monoisotopic (exact) mass is 593 g/mol. The smallest absolute Gasteiger partial charge is 0.274 e. The van der Waals surface area contributed by atoms with Gasteiger partial charge in [-0.25, -0.2) is 13.8 Å². The second-order valence-electron chi connectivity index (χ2n) is 11.4. The van der Waals surface area contributed by atoms with Gasteiger partial charge in [0, 0.05) is 43.3 Å². The minimum absolute atomic E-state index is 0.0352. The molecule has 43 heavy (non-hydrogen) atoms. The Balaban J connectivity index is 1.37. The SMILES string of the molecule is Cc1cc(F)c(CNC(=O)c2cn3c(c(O)c2=O)C(=O)N2C[C@@H]3[C@]3(CC[C@@H]2C)CC(=O)N(Cc2cccnc2)O3)c(F)c1. The number of carbonyl (C=O) groups excluding carboxylic acids is 3.